The maximum Gasteiger partial charge on any atom is 0.347 e. The predicted molar refractivity (Wildman–Crippen MR) is 85.4 cm³/mol. The van der Waals surface area contributed by atoms with Gasteiger partial charge in [0.1, 0.15) is 11.5 Å². The molecule has 1 aromatic carbocycles. The van der Waals surface area contributed by atoms with E-state index in [0.717, 1.165) is 11.3 Å². The van der Waals surface area contributed by atoms with Crippen LogP contribution in [0.15, 0.2) is 24.3 Å². The third kappa shape index (κ3) is 4.11. The average Bonchev–Trinajstić information content (AvgIpc) is 2.87. The van der Waals surface area contributed by atoms with Crippen LogP contribution in [-0.4, -0.2) is 35.8 Å². The fourth-order valence-corrected chi connectivity index (χ4v) is 2.66. The highest BCUT2D eigenvalue weighted by molar-refractivity contribution is 7.17. The van der Waals surface area contributed by atoms with Crippen LogP contribution in [0.3, 0.4) is 0 Å². The van der Waals surface area contributed by atoms with E-state index in [1.807, 2.05) is 31.2 Å². The molecule has 2 aromatic rings. The largest absolute Gasteiger partial charge is 0.490 e. The van der Waals surface area contributed by atoms with Crippen LogP contribution in [0.4, 0.5) is 5.13 Å². The van der Waals surface area contributed by atoms with Crippen LogP contribution < -0.4 is 14.8 Å². The molecule has 6 nitrogen and oxygen atoms in total. The highest BCUT2D eigenvalue weighted by atomic mass is 32.1. The van der Waals surface area contributed by atoms with E-state index in [4.69, 9.17) is 14.6 Å². The quantitative estimate of drug-likeness (QED) is 0.727. The predicted octanol–water partition coefficient (Wildman–Crippen LogP) is 3.04. The van der Waals surface area contributed by atoms with E-state index < -0.39 is 5.97 Å². The van der Waals surface area contributed by atoms with Crippen LogP contribution in [-0.2, 0) is 0 Å². The van der Waals surface area contributed by atoms with Gasteiger partial charge >= 0.3 is 5.97 Å². The van der Waals surface area contributed by atoms with Gasteiger partial charge in [-0.15, -0.1) is 0 Å². The minimum absolute atomic E-state index is 0.255. The van der Waals surface area contributed by atoms with Crippen molar-refractivity contribution in [2.45, 2.75) is 13.8 Å². The molecule has 0 atom stereocenters. The number of carboxylic acids is 1. The summed E-state index contributed by atoms with van der Waals surface area (Å²) >= 11 is 1.12. The second-order valence-electron chi connectivity index (χ2n) is 4.39. The summed E-state index contributed by atoms with van der Waals surface area (Å²) < 4.78 is 11.1. The Morgan fingerprint density at radius 3 is 2.59 bits per heavy atom. The van der Waals surface area contributed by atoms with Gasteiger partial charge in [-0.1, -0.05) is 23.5 Å². The molecule has 0 spiro atoms. The zero-order chi connectivity index (χ0) is 15.9. The van der Waals surface area contributed by atoms with Gasteiger partial charge < -0.3 is 19.9 Å². The van der Waals surface area contributed by atoms with E-state index in [1.54, 1.807) is 6.92 Å². The molecule has 0 saturated heterocycles. The summed E-state index contributed by atoms with van der Waals surface area (Å²) in [4.78, 5) is 15.4. The van der Waals surface area contributed by atoms with Crippen molar-refractivity contribution < 1.29 is 19.4 Å². The van der Waals surface area contributed by atoms with Gasteiger partial charge in [-0.05, 0) is 26.0 Å². The van der Waals surface area contributed by atoms with Crippen molar-refractivity contribution in [3.05, 3.63) is 34.8 Å². The van der Waals surface area contributed by atoms with Crippen LogP contribution >= 0.6 is 11.3 Å². The maximum absolute atomic E-state index is 11.0. The average molecular weight is 322 g/mol. The van der Waals surface area contributed by atoms with Crippen molar-refractivity contribution in [1.82, 2.24) is 4.98 Å². The van der Waals surface area contributed by atoms with Gasteiger partial charge in [0.25, 0.3) is 0 Å². The second kappa shape index (κ2) is 7.65. The molecule has 7 heteroatoms. The first-order valence-electron chi connectivity index (χ1n) is 6.91. The number of aryl methyl sites for hydroxylation is 1. The van der Waals surface area contributed by atoms with E-state index in [9.17, 15) is 4.79 Å². The standard InChI is InChI=1S/C15H18N2O4S/c1-3-20-11-6-4-5-7-12(11)21-9-8-16-15-17-10(2)13(22-15)14(18)19/h4-7H,3,8-9H2,1-2H3,(H,16,17)(H,18,19). The zero-order valence-electron chi connectivity index (χ0n) is 12.5. The van der Waals surface area contributed by atoms with Gasteiger partial charge in [0.15, 0.2) is 16.6 Å². The highest BCUT2D eigenvalue weighted by Gasteiger charge is 2.13. The Morgan fingerprint density at radius 1 is 1.32 bits per heavy atom. The number of hydrogen-bond acceptors (Lipinski definition) is 6. The van der Waals surface area contributed by atoms with Gasteiger partial charge in [0.05, 0.1) is 18.8 Å². The van der Waals surface area contributed by atoms with Crippen LogP contribution in [0.1, 0.15) is 22.3 Å². The first-order valence-corrected chi connectivity index (χ1v) is 7.72. The monoisotopic (exact) mass is 322 g/mol. The molecular formula is C15H18N2O4S. The van der Waals surface area contributed by atoms with Crippen molar-refractivity contribution in [2.75, 3.05) is 25.1 Å². The molecule has 22 heavy (non-hydrogen) atoms. The Bertz CT molecular complexity index is 642. The zero-order valence-corrected chi connectivity index (χ0v) is 13.3. The molecule has 0 radical (unpaired) electrons. The van der Waals surface area contributed by atoms with Crippen molar-refractivity contribution in [3.63, 3.8) is 0 Å². The Hall–Kier alpha value is -2.28. The van der Waals surface area contributed by atoms with E-state index in [2.05, 4.69) is 10.3 Å². The van der Waals surface area contributed by atoms with Crippen LogP contribution in [0.2, 0.25) is 0 Å². The second-order valence-corrected chi connectivity index (χ2v) is 5.39. The van der Waals surface area contributed by atoms with Gasteiger partial charge in [0, 0.05) is 0 Å². The van der Waals surface area contributed by atoms with E-state index in [0.29, 0.717) is 42.1 Å². The van der Waals surface area contributed by atoms with E-state index >= 15 is 0 Å². The number of rotatable bonds is 8. The number of carboxylic acid groups (broad SMARTS) is 1. The maximum atomic E-state index is 11.0. The summed E-state index contributed by atoms with van der Waals surface area (Å²) in [6.07, 6.45) is 0. The number of nitrogens with zero attached hydrogens (tertiary/aromatic N) is 1. The van der Waals surface area contributed by atoms with Gasteiger partial charge in [-0.3, -0.25) is 0 Å². The number of para-hydroxylation sites is 2. The molecule has 1 heterocycles. The van der Waals surface area contributed by atoms with E-state index in [1.165, 1.54) is 0 Å². The SMILES string of the molecule is CCOc1ccccc1OCCNc1nc(C)c(C(=O)O)s1. The highest BCUT2D eigenvalue weighted by Crippen LogP contribution is 2.26. The number of nitrogens with one attached hydrogen (secondary N) is 1. The first-order chi connectivity index (χ1) is 10.6. The number of aromatic nitrogens is 1. The fraction of sp³-hybridized carbons (Fsp3) is 0.333. The number of hydrogen-bond donors (Lipinski definition) is 2. The summed E-state index contributed by atoms with van der Waals surface area (Å²) in [6.45, 7) is 5.12. The molecule has 0 aliphatic rings. The molecular weight excluding hydrogens is 304 g/mol. The lowest BCUT2D eigenvalue weighted by molar-refractivity contribution is 0.0701. The molecule has 1 aromatic heterocycles. The summed E-state index contributed by atoms with van der Waals surface area (Å²) in [5.74, 6) is 0.445. The van der Waals surface area contributed by atoms with Gasteiger partial charge in [0.2, 0.25) is 0 Å². The number of aromatic carboxylic acids is 1. The van der Waals surface area contributed by atoms with Crippen molar-refractivity contribution in [3.8, 4) is 11.5 Å². The molecule has 0 saturated carbocycles. The van der Waals surface area contributed by atoms with Crippen LogP contribution in [0.25, 0.3) is 0 Å². The molecule has 118 valence electrons. The number of ether oxygens (including phenoxy) is 2. The molecule has 0 unspecified atom stereocenters. The Kier molecular flexibility index (Phi) is 5.60. The van der Waals surface area contributed by atoms with Crippen molar-refractivity contribution in [2.24, 2.45) is 0 Å². The van der Waals surface area contributed by atoms with Crippen LogP contribution in [0, 0.1) is 6.92 Å². The molecule has 0 amide bonds. The lowest BCUT2D eigenvalue weighted by Crippen LogP contribution is -2.11. The summed E-state index contributed by atoms with van der Waals surface area (Å²) in [6, 6.07) is 7.48. The van der Waals surface area contributed by atoms with Crippen molar-refractivity contribution in [1.29, 1.82) is 0 Å². The third-order valence-electron chi connectivity index (χ3n) is 2.78. The smallest absolute Gasteiger partial charge is 0.347 e. The molecule has 0 fully saturated rings. The Labute approximate surface area is 132 Å². The first kappa shape index (κ1) is 16.1. The number of benzene rings is 1. The lowest BCUT2D eigenvalue weighted by Gasteiger charge is -2.11. The third-order valence-corrected chi connectivity index (χ3v) is 3.88. The Balaban J connectivity index is 1.85. The number of thiazole rings is 1. The molecule has 0 aliphatic heterocycles. The van der Waals surface area contributed by atoms with Gasteiger partial charge in [-0.25, -0.2) is 9.78 Å². The van der Waals surface area contributed by atoms with Crippen LogP contribution in [0.5, 0.6) is 11.5 Å². The van der Waals surface area contributed by atoms with Gasteiger partial charge in [-0.2, -0.15) is 0 Å². The fourth-order valence-electron chi connectivity index (χ4n) is 1.83. The molecule has 2 rings (SSSR count). The summed E-state index contributed by atoms with van der Waals surface area (Å²) in [5.41, 5.74) is 0.516. The number of carbonyl (C=O) groups is 1. The van der Waals surface area contributed by atoms with E-state index in [-0.39, 0.29) is 4.88 Å². The minimum atomic E-state index is -0.954. The summed E-state index contributed by atoms with van der Waals surface area (Å²) in [7, 11) is 0. The normalized spacial score (nSPS) is 10.3. The summed E-state index contributed by atoms with van der Waals surface area (Å²) in [5, 5.41) is 12.6. The number of anilines is 1. The Morgan fingerprint density at radius 2 is 2.00 bits per heavy atom. The molecule has 0 bridgehead atoms. The molecule has 0 aliphatic carbocycles. The minimum Gasteiger partial charge on any atom is -0.490 e. The lowest BCUT2D eigenvalue weighted by atomic mass is 10.3. The van der Waals surface area contributed by atoms with Crippen molar-refractivity contribution >= 4 is 22.4 Å². The topological polar surface area (TPSA) is 80.7 Å². The molecule has 2 N–H and O–H groups in total.